The first-order chi connectivity index (χ1) is 5.74. The summed E-state index contributed by atoms with van der Waals surface area (Å²) in [7, 11) is 0. The third kappa shape index (κ3) is 2.12. The molecule has 0 bridgehead atoms. The van der Waals surface area contributed by atoms with Crippen LogP contribution in [0.5, 0.6) is 0 Å². The van der Waals surface area contributed by atoms with Crippen molar-refractivity contribution in [3.8, 4) is 0 Å². The van der Waals surface area contributed by atoms with E-state index >= 15 is 0 Å². The van der Waals surface area contributed by atoms with E-state index in [4.69, 9.17) is 0 Å². The number of aliphatic imine (C=N–C) groups is 1. The molecule has 0 unspecified atom stereocenters. The van der Waals surface area contributed by atoms with Crippen LogP contribution in [0.3, 0.4) is 0 Å². The van der Waals surface area contributed by atoms with Gasteiger partial charge in [0.05, 0.1) is 10.9 Å². The highest BCUT2D eigenvalue weighted by Crippen LogP contribution is 2.13. The van der Waals surface area contributed by atoms with Crippen LogP contribution in [-0.2, 0) is 0 Å². The van der Waals surface area contributed by atoms with E-state index in [1.165, 1.54) is 5.56 Å². The molecule has 0 spiro atoms. The standard InChI is InChI=1S/C10H9NS/c1-8-3-5-10(6-4-8)9(2)11-7-12/h3-6H,2H2,1H3. The Morgan fingerprint density at radius 2 is 2.00 bits per heavy atom. The van der Waals surface area contributed by atoms with Crippen LogP contribution in [-0.4, -0.2) is 5.16 Å². The summed E-state index contributed by atoms with van der Waals surface area (Å²) in [5.74, 6) is 0. The Labute approximate surface area is 77.5 Å². The minimum atomic E-state index is 0.657. The van der Waals surface area contributed by atoms with E-state index in [0.717, 1.165) is 5.56 Å². The number of aryl methyl sites for hydroxylation is 1. The van der Waals surface area contributed by atoms with Crippen LogP contribution in [0, 0.1) is 6.92 Å². The summed E-state index contributed by atoms with van der Waals surface area (Å²) in [5, 5.41) is 2.29. The first-order valence-corrected chi connectivity index (χ1v) is 3.98. The minimum Gasteiger partial charge on any atom is -0.195 e. The Morgan fingerprint density at radius 1 is 1.42 bits per heavy atom. The fourth-order valence-electron chi connectivity index (χ4n) is 0.866. The van der Waals surface area contributed by atoms with Crippen LogP contribution in [0.25, 0.3) is 5.70 Å². The van der Waals surface area contributed by atoms with Crippen molar-refractivity contribution in [3.63, 3.8) is 0 Å². The molecule has 0 aromatic heterocycles. The van der Waals surface area contributed by atoms with Gasteiger partial charge in [0.15, 0.2) is 0 Å². The van der Waals surface area contributed by atoms with Gasteiger partial charge in [-0.05, 0) is 19.1 Å². The Kier molecular flexibility index (Phi) is 2.92. The Morgan fingerprint density at radius 3 is 2.50 bits per heavy atom. The fraction of sp³-hybridized carbons (Fsp3) is 0.100. The molecule has 0 atom stereocenters. The highest BCUT2D eigenvalue weighted by atomic mass is 32.1. The molecule has 0 aliphatic carbocycles. The number of rotatable bonds is 2. The molecular formula is C10H9NS. The van der Waals surface area contributed by atoms with Crippen LogP contribution >= 0.6 is 12.2 Å². The van der Waals surface area contributed by atoms with Crippen LogP contribution in [0.15, 0.2) is 35.8 Å². The first kappa shape index (κ1) is 8.85. The quantitative estimate of drug-likeness (QED) is 0.497. The van der Waals surface area contributed by atoms with Crippen LogP contribution < -0.4 is 0 Å². The van der Waals surface area contributed by atoms with Crippen molar-refractivity contribution >= 4 is 23.1 Å². The van der Waals surface area contributed by atoms with Gasteiger partial charge < -0.3 is 0 Å². The van der Waals surface area contributed by atoms with E-state index in [2.05, 4.69) is 29.0 Å². The van der Waals surface area contributed by atoms with Gasteiger partial charge in [-0.25, -0.2) is 0 Å². The van der Waals surface area contributed by atoms with Crippen molar-refractivity contribution in [2.75, 3.05) is 0 Å². The van der Waals surface area contributed by atoms with Gasteiger partial charge in [0, 0.05) is 5.56 Å². The Bertz CT molecular complexity index is 331. The second kappa shape index (κ2) is 3.96. The lowest BCUT2D eigenvalue weighted by atomic mass is 10.1. The zero-order valence-corrected chi connectivity index (χ0v) is 7.69. The first-order valence-electron chi connectivity index (χ1n) is 3.58. The third-order valence-electron chi connectivity index (χ3n) is 1.57. The molecule has 1 rings (SSSR count). The van der Waals surface area contributed by atoms with Gasteiger partial charge in [-0.1, -0.05) is 36.4 Å². The average Bonchev–Trinajstić information content (AvgIpc) is 2.06. The van der Waals surface area contributed by atoms with E-state index in [1.54, 1.807) is 0 Å². The van der Waals surface area contributed by atoms with Gasteiger partial charge in [-0.3, -0.25) is 0 Å². The van der Waals surface area contributed by atoms with Gasteiger partial charge >= 0.3 is 0 Å². The maximum atomic E-state index is 4.48. The normalized spacial score (nSPS) is 8.75. The largest absolute Gasteiger partial charge is 0.195 e. The lowest BCUT2D eigenvalue weighted by molar-refractivity contribution is 1.44. The summed E-state index contributed by atoms with van der Waals surface area (Å²) < 4.78 is 0. The molecule has 0 heterocycles. The fourth-order valence-corrected chi connectivity index (χ4v) is 0.976. The van der Waals surface area contributed by atoms with Gasteiger partial charge in [-0.2, -0.15) is 4.99 Å². The summed E-state index contributed by atoms with van der Waals surface area (Å²) >= 11 is 4.48. The average molecular weight is 175 g/mol. The van der Waals surface area contributed by atoms with Gasteiger partial charge in [0.25, 0.3) is 0 Å². The molecule has 0 saturated carbocycles. The molecule has 0 aliphatic rings. The second-order valence-corrected chi connectivity index (χ2v) is 2.70. The predicted octanol–water partition coefficient (Wildman–Crippen LogP) is 3.07. The Hall–Kier alpha value is -1.24. The highest BCUT2D eigenvalue weighted by Gasteiger charge is 1.93. The van der Waals surface area contributed by atoms with Crippen molar-refractivity contribution in [1.29, 1.82) is 0 Å². The van der Waals surface area contributed by atoms with E-state index < -0.39 is 0 Å². The van der Waals surface area contributed by atoms with Crippen molar-refractivity contribution in [1.82, 2.24) is 0 Å². The molecule has 2 heteroatoms. The zero-order chi connectivity index (χ0) is 8.97. The zero-order valence-electron chi connectivity index (χ0n) is 6.87. The number of nitrogens with zero attached hydrogens (tertiary/aromatic N) is 1. The van der Waals surface area contributed by atoms with Gasteiger partial charge in [0.2, 0.25) is 0 Å². The molecule has 12 heavy (non-hydrogen) atoms. The van der Waals surface area contributed by atoms with Crippen LogP contribution in [0.4, 0.5) is 0 Å². The molecule has 0 saturated heterocycles. The molecule has 0 radical (unpaired) electrons. The number of thiocarbonyl (C=S) groups is 1. The smallest absolute Gasteiger partial charge is 0.0740 e. The monoisotopic (exact) mass is 175 g/mol. The molecule has 1 nitrogen and oxygen atoms in total. The van der Waals surface area contributed by atoms with Crippen LogP contribution in [0.2, 0.25) is 0 Å². The summed E-state index contributed by atoms with van der Waals surface area (Å²) in [6.07, 6.45) is 0. The van der Waals surface area contributed by atoms with Gasteiger partial charge in [0.1, 0.15) is 0 Å². The molecule has 1 aromatic carbocycles. The van der Waals surface area contributed by atoms with Gasteiger partial charge in [-0.15, -0.1) is 0 Å². The number of benzene rings is 1. The number of isothiocyanates is 1. The van der Waals surface area contributed by atoms with Crippen molar-refractivity contribution in [2.45, 2.75) is 6.92 Å². The predicted molar refractivity (Wildman–Crippen MR) is 55.2 cm³/mol. The van der Waals surface area contributed by atoms with Crippen molar-refractivity contribution in [3.05, 3.63) is 42.0 Å². The molecule has 60 valence electrons. The SMILES string of the molecule is C=C(N=C=S)c1ccc(C)cc1. The van der Waals surface area contributed by atoms with Crippen LogP contribution in [0.1, 0.15) is 11.1 Å². The minimum absolute atomic E-state index is 0.657. The van der Waals surface area contributed by atoms with E-state index in [-0.39, 0.29) is 0 Å². The maximum Gasteiger partial charge on any atom is 0.0740 e. The summed E-state index contributed by atoms with van der Waals surface area (Å²) in [6, 6.07) is 7.96. The van der Waals surface area contributed by atoms with Crippen molar-refractivity contribution < 1.29 is 0 Å². The molecule has 0 fully saturated rings. The second-order valence-electron chi connectivity index (χ2n) is 2.52. The lowest BCUT2D eigenvalue weighted by Gasteiger charge is -1.97. The topological polar surface area (TPSA) is 12.4 Å². The highest BCUT2D eigenvalue weighted by molar-refractivity contribution is 7.78. The molecular weight excluding hydrogens is 166 g/mol. The Balaban J connectivity index is 2.97. The maximum absolute atomic E-state index is 4.48. The molecule has 0 N–H and O–H groups in total. The molecule has 0 aliphatic heterocycles. The lowest BCUT2D eigenvalue weighted by Crippen LogP contribution is -1.78. The molecule has 0 amide bonds. The van der Waals surface area contributed by atoms with E-state index in [1.807, 2.05) is 31.2 Å². The molecule has 1 aromatic rings. The third-order valence-corrected chi connectivity index (χ3v) is 1.66. The summed E-state index contributed by atoms with van der Waals surface area (Å²) in [5.41, 5.74) is 2.86. The number of hydrogen-bond acceptors (Lipinski definition) is 2. The summed E-state index contributed by atoms with van der Waals surface area (Å²) in [6.45, 7) is 5.79. The number of hydrogen-bond donors (Lipinski definition) is 0. The van der Waals surface area contributed by atoms with E-state index in [0.29, 0.717) is 5.70 Å². The summed E-state index contributed by atoms with van der Waals surface area (Å²) in [4.78, 5) is 3.79. The van der Waals surface area contributed by atoms with E-state index in [9.17, 15) is 0 Å². The van der Waals surface area contributed by atoms with Crippen molar-refractivity contribution in [2.24, 2.45) is 4.99 Å².